The highest BCUT2D eigenvalue weighted by molar-refractivity contribution is 7.09. The molecule has 1 aliphatic rings. The molecule has 0 saturated carbocycles. The first kappa shape index (κ1) is 18.6. The Morgan fingerprint density at radius 1 is 1.29 bits per heavy atom. The Hall–Kier alpha value is -2.73. The van der Waals surface area contributed by atoms with E-state index in [1.165, 1.54) is 17.0 Å². The predicted molar refractivity (Wildman–Crippen MR) is 108 cm³/mol. The van der Waals surface area contributed by atoms with Crippen LogP contribution in [0.1, 0.15) is 23.3 Å². The summed E-state index contributed by atoms with van der Waals surface area (Å²) in [7, 11) is 0. The van der Waals surface area contributed by atoms with E-state index in [1.807, 2.05) is 29.6 Å². The summed E-state index contributed by atoms with van der Waals surface area (Å²) in [5.74, 6) is 0.380. The highest BCUT2D eigenvalue weighted by atomic mass is 32.1. The Balaban J connectivity index is 1.33. The molecule has 0 aliphatic carbocycles. The van der Waals surface area contributed by atoms with Crippen LogP contribution in [-0.2, 0) is 17.6 Å². The molecule has 28 heavy (non-hydrogen) atoms. The fourth-order valence-corrected chi connectivity index (χ4v) is 4.17. The van der Waals surface area contributed by atoms with E-state index >= 15 is 0 Å². The van der Waals surface area contributed by atoms with Crippen molar-refractivity contribution in [1.82, 2.24) is 10.3 Å². The summed E-state index contributed by atoms with van der Waals surface area (Å²) in [5, 5.41) is 4.99. The third kappa shape index (κ3) is 4.39. The van der Waals surface area contributed by atoms with Crippen molar-refractivity contribution in [2.45, 2.75) is 31.8 Å². The van der Waals surface area contributed by atoms with Gasteiger partial charge >= 0.3 is 0 Å². The molecular formula is C22H21FN2O2S. The van der Waals surface area contributed by atoms with E-state index < -0.39 is 0 Å². The molecule has 0 saturated heterocycles. The van der Waals surface area contributed by atoms with Gasteiger partial charge in [-0.2, -0.15) is 0 Å². The molecule has 3 aromatic rings. The van der Waals surface area contributed by atoms with E-state index in [2.05, 4.69) is 16.4 Å². The second kappa shape index (κ2) is 8.52. The molecule has 4 rings (SSSR count). The number of nitrogens with one attached hydrogen (secondary N) is 1. The van der Waals surface area contributed by atoms with Crippen molar-refractivity contribution < 1.29 is 13.9 Å². The second-order valence-electron chi connectivity index (χ2n) is 6.84. The average molecular weight is 396 g/mol. The Bertz CT molecular complexity index is 945. The lowest BCUT2D eigenvalue weighted by atomic mass is 10.0. The molecule has 144 valence electrons. The molecule has 3 heterocycles. The number of nitrogens with zero attached hydrogens (tertiary/aromatic N) is 1. The van der Waals surface area contributed by atoms with Crippen LogP contribution >= 0.6 is 11.3 Å². The number of carbonyl (C=O) groups is 1. The van der Waals surface area contributed by atoms with Gasteiger partial charge in [0, 0.05) is 35.0 Å². The number of thiophene rings is 1. The van der Waals surface area contributed by atoms with Gasteiger partial charge in [-0.3, -0.25) is 9.78 Å². The van der Waals surface area contributed by atoms with Gasteiger partial charge in [0.05, 0.1) is 12.2 Å². The maximum Gasteiger partial charge on any atom is 0.220 e. The lowest BCUT2D eigenvalue weighted by Crippen LogP contribution is -2.34. The molecule has 0 radical (unpaired) electrons. The number of rotatable bonds is 7. The number of halogens is 1. The van der Waals surface area contributed by atoms with Crippen molar-refractivity contribution in [2.24, 2.45) is 0 Å². The highest BCUT2D eigenvalue weighted by Gasteiger charge is 2.27. The Morgan fingerprint density at radius 2 is 2.21 bits per heavy atom. The quantitative estimate of drug-likeness (QED) is 0.644. The van der Waals surface area contributed by atoms with Gasteiger partial charge in [-0.05, 0) is 48.6 Å². The van der Waals surface area contributed by atoms with Gasteiger partial charge in [0.1, 0.15) is 17.7 Å². The monoisotopic (exact) mass is 396 g/mol. The number of pyridine rings is 1. The molecule has 1 N–H and O–H groups in total. The molecule has 1 aliphatic heterocycles. The zero-order valence-corrected chi connectivity index (χ0v) is 16.2. The minimum Gasteiger partial charge on any atom is -0.487 e. The Morgan fingerprint density at radius 3 is 3.00 bits per heavy atom. The van der Waals surface area contributed by atoms with Gasteiger partial charge in [0.15, 0.2) is 0 Å². The smallest absolute Gasteiger partial charge is 0.220 e. The number of amides is 1. The van der Waals surface area contributed by atoms with Gasteiger partial charge < -0.3 is 10.1 Å². The van der Waals surface area contributed by atoms with Crippen LogP contribution in [0.25, 0.3) is 11.3 Å². The van der Waals surface area contributed by atoms with Crippen molar-refractivity contribution in [3.63, 3.8) is 0 Å². The number of benzene rings is 1. The molecule has 0 bridgehead atoms. The third-order valence-electron chi connectivity index (χ3n) is 4.74. The first-order valence-corrected chi connectivity index (χ1v) is 10.3. The summed E-state index contributed by atoms with van der Waals surface area (Å²) in [6.45, 7) is 0.412. The van der Waals surface area contributed by atoms with E-state index in [0.29, 0.717) is 36.4 Å². The topological polar surface area (TPSA) is 51.2 Å². The van der Waals surface area contributed by atoms with E-state index in [4.69, 9.17) is 4.74 Å². The molecule has 6 heteroatoms. The van der Waals surface area contributed by atoms with Crippen LogP contribution in [0.2, 0.25) is 0 Å². The molecule has 0 spiro atoms. The molecule has 1 atom stereocenters. The summed E-state index contributed by atoms with van der Waals surface area (Å²) in [4.78, 5) is 17.7. The Kier molecular flexibility index (Phi) is 5.67. The van der Waals surface area contributed by atoms with Gasteiger partial charge in [-0.15, -0.1) is 11.3 Å². The number of aryl methyl sites for hydroxylation is 1. The van der Waals surface area contributed by atoms with Crippen molar-refractivity contribution in [1.29, 1.82) is 0 Å². The molecule has 1 aromatic carbocycles. The van der Waals surface area contributed by atoms with Crippen molar-refractivity contribution in [3.8, 4) is 17.0 Å². The summed E-state index contributed by atoms with van der Waals surface area (Å²) in [6, 6.07) is 12.6. The largest absolute Gasteiger partial charge is 0.487 e. The van der Waals surface area contributed by atoms with E-state index in [1.54, 1.807) is 17.5 Å². The molecule has 0 unspecified atom stereocenters. The number of hydrogen-bond donors (Lipinski definition) is 1. The van der Waals surface area contributed by atoms with Crippen LogP contribution in [0, 0.1) is 5.82 Å². The molecule has 1 amide bonds. The lowest BCUT2D eigenvalue weighted by molar-refractivity contribution is -0.121. The fourth-order valence-electron chi connectivity index (χ4n) is 3.41. The van der Waals surface area contributed by atoms with E-state index in [0.717, 1.165) is 18.4 Å². The molecule has 2 aromatic heterocycles. The fraction of sp³-hybridized carbons (Fsp3) is 0.273. The summed E-state index contributed by atoms with van der Waals surface area (Å²) < 4.78 is 20.1. The Labute approximate surface area is 167 Å². The summed E-state index contributed by atoms with van der Waals surface area (Å²) in [5.41, 5.74) is 2.15. The van der Waals surface area contributed by atoms with Crippen molar-refractivity contribution in [2.75, 3.05) is 6.54 Å². The van der Waals surface area contributed by atoms with Crippen LogP contribution in [0.4, 0.5) is 4.39 Å². The van der Waals surface area contributed by atoms with Gasteiger partial charge in [-0.25, -0.2) is 4.39 Å². The maximum absolute atomic E-state index is 14.1. The van der Waals surface area contributed by atoms with Crippen LogP contribution in [0.3, 0.4) is 0 Å². The van der Waals surface area contributed by atoms with Crippen LogP contribution in [0.5, 0.6) is 5.75 Å². The normalized spacial score (nSPS) is 15.1. The zero-order valence-electron chi connectivity index (χ0n) is 15.4. The number of carbonyl (C=O) groups excluding carboxylic acids is 1. The van der Waals surface area contributed by atoms with Gasteiger partial charge in [0.2, 0.25) is 5.91 Å². The standard InChI is InChI=1S/C22H21FN2O2S/c23-16-11-15-12-17(14-25-21(26)8-3-5-18-6-4-10-28-18)27-22(15)19(13-16)20-7-1-2-9-24-20/h1-2,4,6-7,9-11,13,17H,3,5,8,12,14H2,(H,25,26)/t17-/m0/s1. The molecular weight excluding hydrogens is 375 g/mol. The maximum atomic E-state index is 14.1. The van der Waals surface area contributed by atoms with Crippen molar-refractivity contribution >= 4 is 17.2 Å². The zero-order chi connectivity index (χ0) is 19.3. The average Bonchev–Trinajstić information content (AvgIpc) is 3.36. The van der Waals surface area contributed by atoms with Gasteiger partial charge in [0.25, 0.3) is 0 Å². The number of ether oxygens (including phenoxy) is 1. The van der Waals surface area contributed by atoms with Crippen LogP contribution in [0.15, 0.2) is 54.0 Å². The predicted octanol–water partition coefficient (Wildman–Crippen LogP) is 4.39. The highest BCUT2D eigenvalue weighted by Crippen LogP contribution is 2.38. The lowest BCUT2D eigenvalue weighted by Gasteiger charge is -2.13. The first-order chi connectivity index (χ1) is 13.7. The first-order valence-electron chi connectivity index (χ1n) is 9.38. The molecule has 4 nitrogen and oxygen atoms in total. The number of aromatic nitrogens is 1. The number of hydrogen-bond acceptors (Lipinski definition) is 4. The number of fused-ring (bicyclic) bond motifs is 1. The molecule has 0 fully saturated rings. The van der Waals surface area contributed by atoms with E-state index in [-0.39, 0.29) is 17.8 Å². The van der Waals surface area contributed by atoms with Crippen LogP contribution in [-0.4, -0.2) is 23.5 Å². The van der Waals surface area contributed by atoms with Crippen LogP contribution < -0.4 is 10.1 Å². The SMILES string of the molecule is O=C(CCCc1cccs1)NC[C@@H]1Cc2cc(F)cc(-c3ccccn3)c2O1. The van der Waals surface area contributed by atoms with Crippen molar-refractivity contribution in [3.05, 3.63) is 70.3 Å². The van der Waals surface area contributed by atoms with Gasteiger partial charge in [-0.1, -0.05) is 12.1 Å². The third-order valence-corrected chi connectivity index (χ3v) is 5.67. The van der Waals surface area contributed by atoms with E-state index in [9.17, 15) is 9.18 Å². The summed E-state index contributed by atoms with van der Waals surface area (Å²) >= 11 is 1.71. The minimum absolute atomic E-state index is 0.0206. The minimum atomic E-state index is -0.304. The second-order valence-corrected chi connectivity index (χ2v) is 7.87. The summed E-state index contributed by atoms with van der Waals surface area (Å²) in [6.07, 6.45) is 4.29.